The standard InChI is InChI=1S/C18H16N2O4/c1-11-4-3-5-15(16(11)21)18(23)24-12(2)17(22)20-14-8-6-13(10-19)7-9-14/h3-9,12,21H,1-2H3,(H,20,22)/t12-/m1/s1. The Morgan fingerprint density at radius 2 is 1.88 bits per heavy atom. The van der Waals surface area contributed by atoms with E-state index in [1.807, 2.05) is 6.07 Å². The summed E-state index contributed by atoms with van der Waals surface area (Å²) in [6.45, 7) is 3.09. The summed E-state index contributed by atoms with van der Waals surface area (Å²) in [5.41, 5.74) is 1.51. The molecule has 2 rings (SSSR count). The Balaban J connectivity index is 2.01. The fourth-order valence-electron chi connectivity index (χ4n) is 1.97. The summed E-state index contributed by atoms with van der Waals surface area (Å²) in [6, 6.07) is 13.0. The highest BCUT2D eigenvalue weighted by Crippen LogP contribution is 2.22. The maximum Gasteiger partial charge on any atom is 0.342 e. The van der Waals surface area contributed by atoms with Crippen LogP contribution in [0.5, 0.6) is 5.75 Å². The van der Waals surface area contributed by atoms with E-state index in [1.165, 1.54) is 13.0 Å². The largest absolute Gasteiger partial charge is 0.507 e. The maximum absolute atomic E-state index is 12.1. The molecule has 0 spiro atoms. The molecule has 0 heterocycles. The van der Waals surface area contributed by atoms with E-state index in [9.17, 15) is 14.7 Å². The molecule has 0 radical (unpaired) electrons. The Labute approximate surface area is 139 Å². The van der Waals surface area contributed by atoms with Gasteiger partial charge in [-0.05, 0) is 49.7 Å². The first-order chi connectivity index (χ1) is 11.4. The van der Waals surface area contributed by atoms with Crippen molar-refractivity contribution in [1.29, 1.82) is 5.26 Å². The minimum absolute atomic E-state index is 0.00743. The van der Waals surface area contributed by atoms with Gasteiger partial charge >= 0.3 is 5.97 Å². The van der Waals surface area contributed by atoms with Gasteiger partial charge in [-0.2, -0.15) is 5.26 Å². The van der Waals surface area contributed by atoms with Crippen molar-refractivity contribution in [3.05, 3.63) is 59.2 Å². The first-order valence-electron chi connectivity index (χ1n) is 7.23. The number of phenols is 1. The maximum atomic E-state index is 12.1. The number of nitriles is 1. The van der Waals surface area contributed by atoms with Gasteiger partial charge in [-0.1, -0.05) is 12.1 Å². The number of para-hydroxylation sites is 1. The zero-order valence-electron chi connectivity index (χ0n) is 13.2. The number of nitrogens with one attached hydrogen (secondary N) is 1. The number of anilines is 1. The lowest BCUT2D eigenvalue weighted by molar-refractivity contribution is -0.123. The summed E-state index contributed by atoms with van der Waals surface area (Å²) in [5, 5.41) is 21.2. The number of hydrogen-bond acceptors (Lipinski definition) is 5. The molecule has 0 saturated heterocycles. The van der Waals surface area contributed by atoms with Gasteiger partial charge in [0.25, 0.3) is 5.91 Å². The van der Waals surface area contributed by atoms with Crippen LogP contribution in [0.25, 0.3) is 0 Å². The molecule has 6 nitrogen and oxygen atoms in total. The van der Waals surface area contributed by atoms with Crippen molar-refractivity contribution in [3.63, 3.8) is 0 Å². The molecule has 0 saturated carbocycles. The molecule has 0 aliphatic rings. The zero-order chi connectivity index (χ0) is 17.7. The molecule has 24 heavy (non-hydrogen) atoms. The van der Waals surface area contributed by atoms with Crippen molar-refractivity contribution in [2.75, 3.05) is 5.32 Å². The Kier molecular flexibility index (Phi) is 5.17. The average Bonchev–Trinajstić information content (AvgIpc) is 2.57. The highest BCUT2D eigenvalue weighted by Gasteiger charge is 2.21. The van der Waals surface area contributed by atoms with E-state index in [4.69, 9.17) is 10.00 Å². The van der Waals surface area contributed by atoms with Gasteiger partial charge in [0.2, 0.25) is 0 Å². The molecule has 1 atom stereocenters. The number of phenolic OH excluding ortho intramolecular Hbond substituents is 1. The van der Waals surface area contributed by atoms with E-state index in [0.717, 1.165) is 0 Å². The predicted octanol–water partition coefficient (Wildman–Crippen LogP) is 2.76. The van der Waals surface area contributed by atoms with Gasteiger partial charge in [0.1, 0.15) is 11.3 Å². The van der Waals surface area contributed by atoms with Crippen LogP contribution in [-0.4, -0.2) is 23.1 Å². The quantitative estimate of drug-likeness (QED) is 0.842. The molecule has 0 aliphatic heterocycles. The smallest absolute Gasteiger partial charge is 0.342 e. The Morgan fingerprint density at radius 1 is 1.21 bits per heavy atom. The summed E-state index contributed by atoms with van der Waals surface area (Å²) >= 11 is 0. The second-order valence-corrected chi connectivity index (χ2v) is 5.20. The van der Waals surface area contributed by atoms with Crippen LogP contribution >= 0.6 is 0 Å². The second kappa shape index (κ2) is 7.29. The average molecular weight is 324 g/mol. The fourth-order valence-corrected chi connectivity index (χ4v) is 1.97. The third kappa shape index (κ3) is 3.90. The number of aromatic hydroxyl groups is 1. The molecule has 6 heteroatoms. The van der Waals surface area contributed by atoms with Crippen LogP contribution < -0.4 is 5.32 Å². The lowest BCUT2D eigenvalue weighted by Gasteiger charge is -2.14. The van der Waals surface area contributed by atoms with Gasteiger partial charge in [-0.3, -0.25) is 4.79 Å². The number of carbonyl (C=O) groups excluding carboxylic acids is 2. The zero-order valence-corrected chi connectivity index (χ0v) is 13.2. The molecular weight excluding hydrogens is 308 g/mol. The van der Waals surface area contributed by atoms with Crippen LogP contribution in [0.2, 0.25) is 0 Å². The van der Waals surface area contributed by atoms with Crippen LogP contribution in [0.1, 0.15) is 28.4 Å². The van der Waals surface area contributed by atoms with Gasteiger partial charge in [-0.25, -0.2) is 4.79 Å². The first-order valence-corrected chi connectivity index (χ1v) is 7.23. The topological polar surface area (TPSA) is 99.4 Å². The van der Waals surface area contributed by atoms with Crippen molar-refractivity contribution in [1.82, 2.24) is 0 Å². The number of benzene rings is 2. The molecule has 0 fully saturated rings. The van der Waals surface area contributed by atoms with Gasteiger partial charge in [0.15, 0.2) is 6.10 Å². The van der Waals surface area contributed by atoms with E-state index >= 15 is 0 Å². The molecule has 2 aromatic carbocycles. The first kappa shape index (κ1) is 17.0. The number of aryl methyl sites for hydroxylation is 1. The number of amides is 1. The molecule has 122 valence electrons. The third-order valence-electron chi connectivity index (χ3n) is 3.39. The van der Waals surface area contributed by atoms with Crippen LogP contribution in [0.4, 0.5) is 5.69 Å². The fraction of sp³-hybridized carbons (Fsp3) is 0.167. The van der Waals surface area contributed by atoms with E-state index in [-0.39, 0.29) is 11.3 Å². The molecular formula is C18H16N2O4. The highest BCUT2D eigenvalue weighted by molar-refractivity contribution is 5.98. The monoisotopic (exact) mass is 324 g/mol. The van der Waals surface area contributed by atoms with Gasteiger partial charge in [0.05, 0.1) is 11.6 Å². The second-order valence-electron chi connectivity index (χ2n) is 5.20. The van der Waals surface area contributed by atoms with E-state index in [0.29, 0.717) is 16.8 Å². The van der Waals surface area contributed by atoms with Crippen molar-refractivity contribution in [2.24, 2.45) is 0 Å². The number of carbonyl (C=O) groups is 2. The van der Waals surface area contributed by atoms with Gasteiger partial charge in [-0.15, -0.1) is 0 Å². The number of hydrogen-bond donors (Lipinski definition) is 2. The molecule has 0 aliphatic carbocycles. The summed E-state index contributed by atoms with van der Waals surface area (Å²) in [6.07, 6.45) is -1.05. The summed E-state index contributed by atoms with van der Waals surface area (Å²) in [5.74, 6) is -1.46. The molecule has 0 bridgehead atoms. The van der Waals surface area contributed by atoms with Crippen molar-refractivity contribution < 1.29 is 19.4 Å². The third-order valence-corrected chi connectivity index (χ3v) is 3.39. The molecule has 2 aromatic rings. The van der Waals surface area contributed by atoms with Gasteiger partial charge < -0.3 is 15.2 Å². The number of rotatable bonds is 4. The lowest BCUT2D eigenvalue weighted by atomic mass is 10.1. The summed E-state index contributed by atoms with van der Waals surface area (Å²) in [7, 11) is 0. The highest BCUT2D eigenvalue weighted by atomic mass is 16.5. The minimum Gasteiger partial charge on any atom is -0.507 e. The lowest BCUT2D eigenvalue weighted by Crippen LogP contribution is -2.30. The van der Waals surface area contributed by atoms with Crippen LogP contribution in [0, 0.1) is 18.3 Å². The molecule has 0 aromatic heterocycles. The van der Waals surface area contributed by atoms with E-state index < -0.39 is 18.0 Å². The Hall–Kier alpha value is -3.33. The summed E-state index contributed by atoms with van der Waals surface area (Å²) < 4.78 is 5.09. The van der Waals surface area contributed by atoms with Crippen LogP contribution in [-0.2, 0) is 9.53 Å². The Bertz CT molecular complexity index is 807. The summed E-state index contributed by atoms with van der Waals surface area (Å²) in [4.78, 5) is 24.1. The normalized spacial score (nSPS) is 11.2. The molecule has 1 amide bonds. The van der Waals surface area contributed by atoms with Gasteiger partial charge in [0, 0.05) is 5.69 Å². The minimum atomic E-state index is -1.05. The molecule has 0 unspecified atom stereocenters. The van der Waals surface area contributed by atoms with E-state index in [2.05, 4.69) is 5.32 Å². The van der Waals surface area contributed by atoms with Crippen LogP contribution in [0.3, 0.4) is 0 Å². The molecule has 2 N–H and O–H groups in total. The van der Waals surface area contributed by atoms with Crippen molar-refractivity contribution >= 4 is 17.6 Å². The van der Waals surface area contributed by atoms with Crippen molar-refractivity contribution in [2.45, 2.75) is 20.0 Å². The number of esters is 1. The number of ether oxygens (including phenoxy) is 1. The predicted molar refractivity (Wildman–Crippen MR) is 87.5 cm³/mol. The SMILES string of the molecule is Cc1cccc(C(=O)O[C@H](C)C(=O)Nc2ccc(C#N)cc2)c1O. The van der Waals surface area contributed by atoms with Crippen molar-refractivity contribution in [3.8, 4) is 11.8 Å². The number of nitrogens with zero attached hydrogens (tertiary/aromatic N) is 1. The van der Waals surface area contributed by atoms with E-state index in [1.54, 1.807) is 43.3 Å². The Morgan fingerprint density at radius 3 is 2.50 bits per heavy atom. The van der Waals surface area contributed by atoms with Crippen LogP contribution in [0.15, 0.2) is 42.5 Å².